The van der Waals surface area contributed by atoms with Gasteiger partial charge in [-0.25, -0.2) is 9.97 Å². The van der Waals surface area contributed by atoms with Crippen molar-refractivity contribution in [3.05, 3.63) is 42.1 Å². The number of nitrogens with one attached hydrogen (secondary N) is 2. The lowest BCUT2D eigenvalue weighted by molar-refractivity contribution is -0.127. The van der Waals surface area contributed by atoms with Gasteiger partial charge >= 0.3 is 0 Å². The molecule has 0 bridgehead atoms. The van der Waals surface area contributed by atoms with Gasteiger partial charge in [-0.15, -0.1) is 0 Å². The van der Waals surface area contributed by atoms with Gasteiger partial charge < -0.3 is 20.1 Å². The van der Waals surface area contributed by atoms with E-state index >= 15 is 0 Å². The molecule has 2 aliphatic heterocycles. The number of carbonyl (C=O) groups is 1. The molecule has 32 heavy (non-hydrogen) atoms. The standard InChI is InChI=1S/C24H27N5O3/c25-12-15-5-4-8-17(11-15)18-9-10-26-24(28-18)29-20-14-32-21-19(13-31-22(20)21)27-23(30)16-6-2-1-3-7-16/h4-5,8-11,16,19-22H,1-3,6-7,13-14H2,(H,27,30)(H,26,28,29)/t19-,20+,21-,22+/m0/s1. The number of nitriles is 1. The second kappa shape index (κ2) is 9.23. The summed E-state index contributed by atoms with van der Waals surface area (Å²) in [5.74, 6) is 0.737. The minimum atomic E-state index is -0.171. The predicted octanol–water partition coefficient (Wildman–Crippen LogP) is 2.66. The van der Waals surface area contributed by atoms with Crippen LogP contribution in [0.2, 0.25) is 0 Å². The Kier molecular flexibility index (Phi) is 6.02. The first-order valence-corrected chi connectivity index (χ1v) is 11.3. The lowest BCUT2D eigenvalue weighted by Gasteiger charge is -2.24. The zero-order chi connectivity index (χ0) is 21.9. The van der Waals surface area contributed by atoms with Gasteiger partial charge in [0.15, 0.2) is 0 Å². The molecule has 8 nitrogen and oxygen atoms in total. The summed E-state index contributed by atoms with van der Waals surface area (Å²) in [4.78, 5) is 21.6. The molecule has 0 unspecified atom stereocenters. The highest BCUT2D eigenvalue weighted by atomic mass is 16.6. The van der Waals surface area contributed by atoms with Crippen LogP contribution in [0.3, 0.4) is 0 Å². The first-order valence-electron chi connectivity index (χ1n) is 11.3. The minimum Gasteiger partial charge on any atom is -0.371 e. The first kappa shape index (κ1) is 20.9. The topological polar surface area (TPSA) is 109 Å². The summed E-state index contributed by atoms with van der Waals surface area (Å²) in [5.41, 5.74) is 2.18. The lowest BCUT2D eigenvalue weighted by Crippen LogP contribution is -2.47. The monoisotopic (exact) mass is 433 g/mol. The molecule has 2 N–H and O–H groups in total. The number of fused-ring (bicyclic) bond motifs is 1. The van der Waals surface area contributed by atoms with E-state index in [0.29, 0.717) is 24.7 Å². The molecule has 1 aromatic heterocycles. The molecule has 2 saturated heterocycles. The predicted molar refractivity (Wildman–Crippen MR) is 118 cm³/mol. The van der Waals surface area contributed by atoms with E-state index in [1.54, 1.807) is 18.3 Å². The summed E-state index contributed by atoms with van der Waals surface area (Å²) in [6.45, 7) is 0.913. The second-order valence-corrected chi connectivity index (χ2v) is 8.75. The van der Waals surface area contributed by atoms with E-state index in [4.69, 9.17) is 14.7 Å². The molecular weight excluding hydrogens is 406 g/mol. The highest BCUT2D eigenvalue weighted by Crippen LogP contribution is 2.30. The Morgan fingerprint density at radius 1 is 1.06 bits per heavy atom. The lowest BCUT2D eigenvalue weighted by atomic mass is 9.88. The minimum absolute atomic E-state index is 0.0997. The molecule has 1 saturated carbocycles. The number of carbonyl (C=O) groups excluding carboxylic acids is 1. The highest BCUT2D eigenvalue weighted by Gasteiger charge is 2.48. The van der Waals surface area contributed by atoms with Crippen LogP contribution < -0.4 is 10.6 Å². The fourth-order valence-corrected chi connectivity index (χ4v) is 4.92. The summed E-state index contributed by atoms with van der Waals surface area (Å²) in [7, 11) is 0. The van der Waals surface area contributed by atoms with Crippen LogP contribution in [0.25, 0.3) is 11.3 Å². The zero-order valence-electron chi connectivity index (χ0n) is 17.9. The third-order valence-corrected chi connectivity index (χ3v) is 6.61. The normalized spacial score (nSPS) is 27.5. The Hall–Kier alpha value is -3.02. The zero-order valence-corrected chi connectivity index (χ0v) is 17.9. The maximum absolute atomic E-state index is 12.7. The maximum atomic E-state index is 12.7. The number of anilines is 1. The summed E-state index contributed by atoms with van der Waals surface area (Å²) in [6.07, 6.45) is 6.80. The molecule has 1 aromatic carbocycles. The van der Waals surface area contributed by atoms with Crippen LogP contribution in [-0.4, -0.2) is 53.4 Å². The van der Waals surface area contributed by atoms with E-state index < -0.39 is 0 Å². The van der Waals surface area contributed by atoms with Gasteiger partial charge in [-0.05, 0) is 31.0 Å². The number of aromatic nitrogens is 2. The Balaban J connectivity index is 1.22. The average molecular weight is 434 g/mol. The summed E-state index contributed by atoms with van der Waals surface area (Å²) in [5, 5.41) is 15.7. The molecule has 5 rings (SSSR count). The van der Waals surface area contributed by atoms with Crippen molar-refractivity contribution in [1.82, 2.24) is 15.3 Å². The quantitative estimate of drug-likeness (QED) is 0.746. The molecule has 1 amide bonds. The number of nitrogens with zero attached hydrogens (tertiary/aromatic N) is 3. The van der Waals surface area contributed by atoms with Crippen LogP contribution in [0.1, 0.15) is 37.7 Å². The van der Waals surface area contributed by atoms with Crippen LogP contribution in [0.15, 0.2) is 36.5 Å². The molecule has 0 radical (unpaired) electrons. The number of rotatable bonds is 5. The van der Waals surface area contributed by atoms with Crippen molar-refractivity contribution >= 4 is 11.9 Å². The van der Waals surface area contributed by atoms with E-state index in [2.05, 4.69) is 26.7 Å². The molecule has 3 heterocycles. The van der Waals surface area contributed by atoms with Crippen molar-refractivity contribution in [2.75, 3.05) is 18.5 Å². The molecule has 1 aliphatic carbocycles. The van der Waals surface area contributed by atoms with Crippen molar-refractivity contribution < 1.29 is 14.3 Å². The third-order valence-electron chi connectivity index (χ3n) is 6.61. The van der Waals surface area contributed by atoms with Crippen LogP contribution >= 0.6 is 0 Å². The van der Waals surface area contributed by atoms with Gasteiger partial charge in [0.25, 0.3) is 0 Å². The number of benzene rings is 1. The number of hydrogen-bond acceptors (Lipinski definition) is 7. The van der Waals surface area contributed by atoms with Gasteiger partial charge in [-0.2, -0.15) is 5.26 Å². The van der Waals surface area contributed by atoms with Crippen molar-refractivity contribution in [2.24, 2.45) is 5.92 Å². The van der Waals surface area contributed by atoms with Crippen LogP contribution in [-0.2, 0) is 14.3 Å². The van der Waals surface area contributed by atoms with E-state index in [1.807, 2.05) is 18.2 Å². The van der Waals surface area contributed by atoms with E-state index in [9.17, 15) is 4.79 Å². The van der Waals surface area contributed by atoms with Crippen molar-refractivity contribution in [3.63, 3.8) is 0 Å². The summed E-state index contributed by atoms with van der Waals surface area (Å²) in [6, 6.07) is 11.1. The van der Waals surface area contributed by atoms with Gasteiger partial charge in [-0.1, -0.05) is 31.4 Å². The third kappa shape index (κ3) is 4.31. The fraction of sp³-hybridized carbons (Fsp3) is 0.500. The Labute approximate surface area is 187 Å². The molecule has 166 valence electrons. The molecule has 8 heteroatoms. The number of amides is 1. The molecule has 3 fully saturated rings. The Bertz CT molecular complexity index is 1020. The van der Waals surface area contributed by atoms with Crippen LogP contribution in [0, 0.1) is 17.2 Å². The van der Waals surface area contributed by atoms with Crippen molar-refractivity contribution in [1.29, 1.82) is 5.26 Å². The SMILES string of the molecule is N#Cc1cccc(-c2ccnc(N[C@@H]3CO[C@@H]4[C@@H]3OC[C@@H]4NC(=O)C3CCCCC3)n2)c1. The Morgan fingerprint density at radius 2 is 1.84 bits per heavy atom. The second-order valence-electron chi connectivity index (χ2n) is 8.75. The van der Waals surface area contributed by atoms with Crippen LogP contribution in [0.4, 0.5) is 5.95 Å². The van der Waals surface area contributed by atoms with Gasteiger partial charge in [-0.3, -0.25) is 4.79 Å². The highest BCUT2D eigenvalue weighted by molar-refractivity contribution is 5.79. The number of hydrogen-bond donors (Lipinski definition) is 2. The van der Waals surface area contributed by atoms with Crippen molar-refractivity contribution in [3.8, 4) is 17.3 Å². The largest absolute Gasteiger partial charge is 0.371 e. The fourth-order valence-electron chi connectivity index (χ4n) is 4.92. The maximum Gasteiger partial charge on any atom is 0.223 e. The van der Waals surface area contributed by atoms with Gasteiger partial charge in [0.1, 0.15) is 12.2 Å². The first-order chi connectivity index (χ1) is 15.7. The molecule has 2 aromatic rings. The number of ether oxygens (including phenoxy) is 2. The van der Waals surface area contributed by atoms with Gasteiger partial charge in [0.2, 0.25) is 11.9 Å². The molecular formula is C24H27N5O3. The van der Waals surface area contributed by atoms with E-state index in [-0.39, 0.29) is 36.1 Å². The Morgan fingerprint density at radius 3 is 2.66 bits per heavy atom. The average Bonchev–Trinajstić information content (AvgIpc) is 3.43. The van der Waals surface area contributed by atoms with E-state index in [0.717, 1.165) is 36.9 Å². The van der Waals surface area contributed by atoms with E-state index in [1.165, 1.54) is 6.42 Å². The molecule has 3 aliphatic rings. The van der Waals surface area contributed by atoms with Gasteiger partial charge in [0.05, 0.1) is 42.6 Å². The molecule has 4 atom stereocenters. The smallest absolute Gasteiger partial charge is 0.223 e. The van der Waals surface area contributed by atoms with Crippen molar-refractivity contribution in [2.45, 2.75) is 56.4 Å². The molecule has 0 spiro atoms. The summed E-state index contributed by atoms with van der Waals surface area (Å²) >= 11 is 0. The van der Waals surface area contributed by atoms with Gasteiger partial charge in [0, 0.05) is 17.7 Å². The van der Waals surface area contributed by atoms with Crippen LogP contribution in [0.5, 0.6) is 0 Å². The summed E-state index contributed by atoms with van der Waals surface area (Å²) < 4.78 is 12.0.